The van der Waals surface area contributed by atoms with Gasteiger partial charge in [0.2, 0.25) is 10.0 Å². The lowest BCUT2D eigenvalue weighted by Gasteiger charge is -2.09. The van der Waals surface area contributed by atoms with E-state index >= 15 is 0 Å². The van der Waals surface area contributed by atoms with Crippen molar-refractivity contribution in [2.45, 2.75) is 24.8 Å². The lowest BCUT2D eigenvalue weighted by molar-refractivity contribution is 0.574. The second-order valence-corrected chi connectivity index (χ2v) is 6.36. The summed E-state index contributed by atoms with van der Waals surface area (Å²) in [5.41, 5.74) is 6.49. The van der Waals surface area contributed by atoms with Gasteiger partial charge in [-0.25, -0.2) is 13.1 Å². The topological polar surface area (TPSA) is 72.2 Å². The fourth-order valence-corrected chi connectivity index (χ4v) is 2.76. The minimum Gasteiger partial charge on any atom is -0.327 e. The van der Waals surface area contributed by atoms with Crippen LogP contribution in [0, 0.1) is 6.92 Å². The van der Waals surface area contributed by atoms with Gasteiger partial charge in [-0.05, 0) is 31.5 Å². The zero-order chi connectivity index (χ0) is 12.3. The summed E-state index contributed by atoms with van der Waals surface area (Å²) in [5.74, 6) is 0. The minimum atomic E-state index is -3.45. The zero-order valence-electron chi connectivity index (χ0n) is 9.20. The molecule has 4 nitrogen and oxygen atoms in total. The molecule has 0 aliphatic rings. The fraction of sp³-hybridized carbons (Fsp3) is 0.400. The quantitative estimate of drug-likeness (QED) is 0.883. The van der Waals surface area contributed by atoms with Crippen LogP contribution >= 0.6 is 15.9 Å². The molecule has 16 heavy (non-hydrogen) atoms. The number of hydrogen-bond donors (Lipinski definition) is 2. The van der Waals surface area contributed by atoms with Crippen LogP contribution in [0.3, 0.4) is 0 Å². The SMILES string of the molecule is Cc1ccc(S(=O)(=O)NCC(C)N)cc1Br. The number of rotatable bonds is 4. The molecule has 0 bridgehead atoms. The summed E-state index contributed by atoms with van der Waals surface area (Å²) in [6.07, 6.45) is 0. The molecule has 0 aliphatic carbocycles. The molecular weight excluding hydrogens is 292 g/mol. The number of nitrogens with one attached hydrogen (secondary N) is 1. The maximum atomic E-state index is 11.8. The number of sulfonamides is 1. The Bertz CT molecular complexity index is 472. The Kier molecular flexibility index (Phi) is 4.49. The van der Waals surface area contributed by atoms with Crippen molar-refractivity contribution in [2.75, 3.05) is 6.54 Å². The van der Waals surface area contributed by atoms with Gasteiger partial charge in [0.25, 0.3) is 0 Å². The third-order valence-electron chi connectivity index (χ3n) is 2.05. The monoisotopic (exact) mass is 306 g/mol. The Morgan fingerprint density at radius 2 is 2.12 bits per heavy atom. The molecule has 6 heteroatoms. The molecule has 0 spiro atoms. The van der Waals surface area contributed by atoms with E-state index in [1.165, 1.54) is 0 Å². The molecular formula is C10H15BrN2O2S. The number of benzene rings is 1. The van der Waals surface area contributed by atoms with Crippen molar-refractivity contribution >= 4 is 26.0 Å². The van der Waals surface area contributed by atoms with Gasteiger partial charge in [0.15, 0.2) is 0 Å². The first kappa shape index (κ1) is 13.6. The van der Waals surface area contributed by atoms with Crippen LogP contribution in [0.25, 0.3) is 0 Å². The molecule has 0 heterocycles. The molecule has 1 aromatic carbocycles. The fourth-order valence-electron chi connectivity index (χ4n) is 1.07. The van der Waals surface area contributed by atoms with E-state index in [9.17, 15) is 8.42 Å². The molecule has 3 N–H and O–H groups in total. The highest BCUT2D eigenvalue weighted by Gasteiger charge is 2.14. The van der Waals surface area contributed by atoms with Gasteiger partial charge in [0, 0.05) is 17.1 Å². The third-order valence-corrected chi connectivity index (χ3v) is 4.32. The van der Waals surface area contributed by atoms with Crippen molar-refractivity contribution in [3.8, 4) is 0 Å². The van der Waals surface area contributed by atoms with Gasteiger partial charge >= 0.3 is 0 Å². The van der Waals surface area contributed by atoms with Crippen molar-refractivity contribution in [2.24, 2.45) is 5.73 Å². The van der Waals surface area contributed by atoms with Crippen LogP contribution in [-0.2, 0) is 10.0 Å². The van der Waals surface area contributed by atoms with Gasteiger partial charge in [0.1, 0.15) is 0 Å². The van der Waals surface area contributed by atoms with Crippen LogP contribution in [0.5, 0.6) is 0 Å². The highest BCUT2D eigenvalue weighted by atomic mass is 79.9. The molecule has 1 atom stereocenters. The number of hydrogen-bond acceptors (Lipinski definition) is 3. The van der Waals surface area contributed by atoms with Gasteiger partial charge in [-0.3, -0.25) is 0 Å². The van der Waals surface area contributed by atoms with E-state index in [1.807, 2.05) is 6.92 Å². The lowest BCUT2D eigenvalue weighted by atomic mass is 10.2. The largest absolute Gasteiger partial charge is 0.327 e. The molecule has 1 unspecified atom stereocenters. The Labute approximate surface area is 104 Å². The first-order chi connectivity index (χ1) is 7.33. The molecule has 1 rings (SSSR count). The average Bonchev–Trinajstić information content (AvgIpc) is 2.19. The molecule has 1 aromatic rings. The normalized spacial score (nSPS) is 13.8. The average molecular weight is 307 g/mol. The number of halogens is 1. The maximum Gasteiger partial charge on any atom is 0.240 e. The number of nitrogens with two attached hydrogens (primary N) is 1. The van der Waals surface area contributed by atoms with Gasteiger partial charge < -0.3 is 5.73 Å². The second kappa shape index (κ2) is 5.27. The van der Waals surface area contributed by atoms with Crippen molar-refractivity contribution in [1.29, 1.82) is 0 Å². The van der Waals surface area contributed by atoms with Crippen LogP contribution < -0.4 is 10.5 Å². The second-order valence-electron chi connectivity index (χ2n) is 3.74. The van der Waals surface area contributed by atoms with E-state index in [1.54, 1.807) is 25.1 Å². The molecule has 0 fully saturated rings. The predicted molar refractivity (Wildman–Crippen MR) is 67.7 cm³/mol. The standard InChI is InChI=1S/C10H15BrN2O2S/c1-7-3-4-9(5-10(7)11)16(14,15)13-6-8(2)12/h3-5,8,13H,6,12H2,1-2H3. The Morgan fingerprint density at radius 3 is 2.62 bits per heavy atom. The first-order valence-electron chi connectivity index (χ1n) is 4.84. The van der Waals surface area contributed by atoms with E-state index in [0.29, 0.717) is 0 Å². The summed E-state index contributed by atoms with van der Waals surface area (Å²) in [6, 6.07) is 4.70. The third kappa shape index (κ3) is 3.55. The summed E-state index contributed by atoms with van der Waals surface area (Å²) >= 11 is 3.30. The summed E-state index contributed by atoms with van der Waals surface area (Å²) in [7, 11) is -3.45. The van der Waals surface area contributed by atoms with Crippen molar-refractivity contribution in [1.82, 2.24) is 4.72 Å². The zero-order valence-corrected chi connectivity index (χ0v) is 11.6. The summed E-state index contributed by atoms with van der Waals surface area (Å²) in [6.45, 7) is 3.87. The minimum absolute atomic E-state index is 0.205. The smallest absolute Gasteiger partial charge is 0.240 e. The Hall–Kier alpha value is -0.430. The van der Waals surface area contributed by atoms with Crippen molar-refractivity contribution in [3.63, 3.8) is 0 Å². The van der Waals surface area contributed by atoms with Gasteiger partial charge in [-0.15, -0.1) is 0 Å². The highest BCUT2D eigenvalue weighted by molar-refractivity contribution is 9.10. The summed E-state index contributed by atoms with van der Waals surface area (Å²) in [5, 5.41) is 0. The van der Waals surface area contributed by atoms with Gasteiger partial charge in [-0.1, -0.05) is 22.0 Å². The lowest BCUT2D eigenvalue weighted by Crippen LogP contribution is -2.35. The molecule has 0 saturated heterocycles. The van der Waals surface area contributed by atoms with Crippen LogP contribution in [-0.4, -0.2) is 21.0 Å². The van der Waals surface area contributed by atoms with Crippen LogP contribution in [0.15, 0.2) is 27.6 Å². The predicted octanol–water partition coefficient (Wildman–Crippen LogP) is 1.38. The maximum absolute atomic E-state index is 11.8. The van der Waals surface area contributed by atoms with E-state index in [-0.39, 0.29) is 17.5 Å². The Balaban J connectivity index is 2.94. The van der Waals surface area contributed by atoms with Crippen molar-refractivity contribution < 1.29 is 8.42 Å². The first-order valence-corrected chi connectivity index (χ1v) is 7.12. The van der Waals surface area contributed by atoms with E-state index in [4.69, 9.17) is 5.73 Å². The molecule has 0 amide bonds. The van der Waals surface area contributed by atoms with Gasteiger partial charge in [-0.2, -0.15) is 0 Å². The molecule has 0 aromatic heterocycles. The summed E-state index contributed by atoms with van der Waals surface area (Å²) in [4.78, 5) is 0.241. The highest BCUT2D eigenvalue weighted by Crippen LogP contribution is 2.20. The van der Waals surface area contributed by atoms with E-state index < -0.39 is 10.0 Å². The van der Waals surface area contributed by atoms with Gasteiger partial charge in [0.05, 0.1) is 4.90 Å². The number of aryl methyl sites for hydroxylation is 1. The van der Waals surface area contributed by atoms with Crippen molar-refractivity contribution in [3.05, 3.63) is 28.2 Å². The molecule has 90 valence electrons. The van der Waals surface area contributed by atoms with E-state index in [2.05, 4.69) is 20.7 Å². The summed E-state index contributed by atoms with van der Waals surface area (Å²) < 4.78 is 26.8. The molecule has 0 saturated carbocycles. The molecule has 0 radical (unpaired) electrons. The Morgan fingerprint density at radius 1 is 1.50 bits per heavy atom. The van der Waals surface area contributed by atoms with Crippen LogP contribution in [0.4, 0.5) is 0 Å². The van der Waals surface area contributed by atoms with E-state index in [0.717, 1.165) is 10.0 Å². The van der Waals surface area contributed by atoms with Crippen LogP contribution in [0.1, 0.15) is 12.5 Å². The molecule has 0 aliphatic heterocycles. The van der Waals surface area contributed by atoms with Crippen LogP contribution in [0.2, 0.25) is 0 Å².